The molecule has 3 aromatic heterocycles. The fraction of sp³-hybridized carbons (Fsp3) is 0.158. The second kappa shape index (κ2) is 7.26. The standard InChI is InChI=1S/C19H15N7O3S/c1-29-13-4-5-15-12(7-13)8-14(17-21-23-24-25(15)17)19-26(16(27)10-30-19)22-18(28)11-3-2-6-20-9-11/h2-9,19H,10H2,1H3,(H,22,28). The van der Waals surface area contributed by atoms with E-state index in [-0.39, 0.29) is 11.7 Å². The third-order valence-electron chi connectivity index (χ3n) is 4.78. The van der Waals surface area contributed by atoms with E-state index < -0.39 is 11.3 Å². The first-order valence-electron chi connectivity index (χ1n) is 8.99. The first kappa shape index (κ1) is 18.3. The number of amides is 2. The summed E-state index contributed by atoms with van der Waals surface area (Å²) in [5.41, 5.74) is 5.09. The Morgan fingerprint density at radius 2 is 2.20 bits per heavy atom. The molecular formula is C19H15N7O3S. The van der Waals surface area contributed by atoms with Crippen molar-refractivity contribution in [2.75, 3.05) is 12.9 Å². The maximum Gasteiger partial charge on any atom is 0.271 e. The van der Waals surface area contributed by atoms with Gasteiger partial charge in [0.2, 0.25) is 0 Å². The Bertz CT molecular complexity index is 1280. The Morgan fingerprint density at radius 3 is 3.00 bits per heavy atom. The summed E-state index contributed by atoms with van der Waals surface area (Å²) in [6, 6.07) is 10.8. The van der Waals surface area contributed by atoms with Crippen molar-refractivity contribution in [2.45, 2.75) is 5.37 Å². The largest absolute Gasteiger partial charge is 0.497 e. The third kappa shape index (κ3) is 2.99. The van der Waals surface area contributed by atoms with E-state index in [4.69, 9.17) is 4.74 Å². The lowest BCUT2D eigenvalue weighted by Crippen LogP contribution is -2.44. The highest BCUT2D eigenvalue weighted by atomic mass is 32.2. The number of hydrazine groups is 1. The van der Waals surface area contributed by atoms with E-state index in [1.165, 1.54) is 23.0 Å². The van der Waals surface area contributed by atoms with Crippen LogP contribution in [0.5, 0.6) is 5.75 Å². The number of hydrogen-bond acceptors (Lipinski definition) is 8. The molecule has 0 saturated carbocycles. The molecule has 1 aliphatic rings. The Hall–Kier alpha value is -3.73. The number of nitrogens with zero attached hydrogens (tertiary/aromatic N) is 6. The smallest absolute Gasteiger partial charge is 0.271 e. The SMILES string of the molecule is COc1ccc2c(c1)cc(C1SCC(=O)N1NC(=O)c1cccnc1)c1nnnn12. The zero-order valence-electron chi connectivity index (χ0n) is 15.7. The molecule has 5 rings (SSSR count). The summed E-state index contributed by atoms with van der Waals surface area (Å²) in [7, 11) is 1.60. The molecule has 4 heterocycles. The fourth-order valence-electron chi connectivity index (χ4n) is 3.36. The number of tetrazole rings is 1. The first-order valence-corrected chi connectivity index (χ1v) is 10.0. The monoisotopic (exact) mass is 421 g/mol. The van der Waals surface area contributed by atoms with Crippen LogP contribution in [0.25, 0.3) is 16.6 Å². The normalized spacial score (nSPS) is 16.4. The van der Waals surface area contributed by atoms with Crippen LogP contribution in [0.2, 0.25) is 0 Å². The van der Waals surface area contributed by atoms with Gasteiger partial charge in [0.25, 0.3) is 11.8 Å². The van der Waals surface area contributed by atoms with Gasteiger partial charge in [0, 0.05) is 23.3 Å². The number of benzene rings is 1. The topological polar surface area (TPSA) is 115 Å². The second-order valence-corrected chi connectivity index (χ2v) is 7.62. The van der Waals surface area contributed by atoms with Crippen molar-refractivity contribution < 1.29 is 14.3 Å². The van der Waals surface area contributed by atoms with E-state index in [0.29, 0.717) is 22.5 Å². The summed E-state index contributed by atoms with van der Waals surface area (Å²) in [5.74, 6) is 0.292. The predicted molar refractivity (Wildman–Crippen MR) is 109 cm³/mol. The number of rotatable bonds is 4. The number of carbonyl (C=O) groups is 2. The highest BCUT2D eigenvalue weighted by Crippen LogP contribution is 2.40. The number of carbonyl (C=O) groups excluding carboxylic acids is 2. The van der Waals surface area contributed by atoms with E-state index in [1.807, 2.05) is 24.3 Å². The van der Waals surface area contributed by atoms with Crippen LogP contribution in [-0.2, 0) is 4.79 Å². The van der Waals surface area contributed by atoms with Crippen LogP contribution >= 0.6 is 11.8 Å². The molecule has 2 amide bonds. The zero-order valence-corrected chi connectivity index (χ0v) is 16.5. The van der Waals surface area contributed by atoms with E-state index in [0.717, 1.165) is 10.9 Å². The molecule has 1 aromatic carbocycles. The molecule has 150 valence electrons. The van der Waals surface area contributed by atoms with Crippen LogP contribution in [0.1, 0.15) is 21.3 Å². The van der Waals surface area contributed by atoms with Crippen LogP contribution in [-0.4, -0.2) is 54.7 Å². The molecule has 1 unspecified atom stereocenters. The Kier molecular flexibility index (Phi) is 4.43. The van der Waals surface area contributed by atoms with Crippen molar-refractivity contribution in [3.05, 3.63) is 59.9 Å². The minimum Gasteiger partial charge on any atom is -0.497 e. The lowest BCUT2D eigenvalue weighted by Gasteiger charge is -2.24. The van der Waals surface area contributed by atoms with Gasteiger partial charge in [-0.2, -0.15) is 4.52 Å². The molecule has 0 spiro atoms. The summed E-state index contributed by atoms with van der Waals surface area (Å²) >= 11 is 1.39. The van der Waals surface area contributed by atoms with Gasteiger partial charge in [-0.3, -0.25) is 20.0 Å². The van der Waals surface area contributed by atoms with Gasteiger partial charge in [-0.25, -0.2) is 5.01 Å². The fourth-order valence-corrected chi connectivity index (χ4v) is 4.47. The van der Waals surface area contributed by atoms with Gasteiger partial charge in [-0.15, -0.1) is 16.9 Å². The lowest BCUT2D eigenvalue weighted by molar-refractivity contribution is -0.130. The summed E-state index contributed by atoms with van der Waals surface area (Å²) in [5, 5.41) is 13.7. The van der Waals surface area contributed by atoms with Gasteiger partial charge >= 0.3 is 0 Å². The molecule has 1 saturated heterocycles. The molecule has 1 aliphatic heterocycles. The van der Waals surface area contributed by atoms with Crippen LogP contribution in [0.4, 0.5) is 0 Å². The molecule has 30 heavy (non-hydrogen) atoms. The third-order valence-corrected chi connectivity index (χ3v) is 5.98. The molecule has 11 heteroatoms. The van der Waals surface area contributed by atoms with Gasteiger partial charge in [-0.1, -0.05) is 0 Å². The second-order valence-electron chi connectivity index (χ2n) is 6.55. The molecule has 10 nitrogen and oxygen atoms in total. The number of nitrogens with one attached hydrogen (secondary N) is 1. The maximum absolute atomic E-state index is 12.6. The summed E-state index contributed by atoms with van der Waals surface area (Å²) < 4.78 is 6.95. The van der Waals surface area contributed by atoms with Crippen molar-refractivity contribution in [3.63, 3.8) is 0 Å². The minimum absolute atomic E-state index is 0.210. The van der Waals surface area contributed by atoms with Gasteiger partial charge < -0.3 is 4.74 Å². The lowest BCUT2D eigenvalue weighted by atomic mass is 10.1. The molecule has 1 N–H and O–H groups in total. The number of pyridine rings is 2. The molecule has 0 radical (unpaired) electrons. The van der Waals surface area contributed by atoms with E-state index in [2.05, 4.69) is 25.9 Å². The van der Waals surface area contributed by atoms with Gasteiger partial charge in [0.05, 0.1) is 23.9 Å². The molecule has 1 fully saturated rings. The van der Waals surface area contributed by atoms with Crippen molar-refractivity contribution in [2.24, 2.45) is 0 Å². The van der Waals surface area contributed by atoms with Crippen LogP contribution in [0, 0.1) is 0 Å². The quantitative estimate of drug-likeness (QED) is 0.528. The highest BCUT2D eigenvalue weighted by Gasteiger charge is 2.36. The molecule has 0 aliphatic carbocycles. The molecule has 1 atom stereocenters. The van der Waals surface area contributed by atoms with Gasteiger partial charge in [0.1, 0.15) is 11.1 Å². The van der Waals surface area contributed by atoms with Crippen molar-refractivity contribution in [3.8, 4) is 5.75 Å². The number of ether oxygens (including phenoxy) is 1. The average molecular weight is 421 g/mol. The van der Waals surface area contributed by atoms with Gasteiger partial charge in [0.15, 0.2) is 5.65 Å². The van der Waals surface area contributed by atoms with Crippen LogP contribution < -0.4 is 10.2 Å². The minimum atomic E-state index is -0.484. The van der Waals surface area contributed by atoms with Crippen LogP contribution in [0.15, 0.2) is 48.8 Å². The number of aromatic nitrogens is 5. The first-order chi connectivity index (χ1) is 14.7. The Morgan fingerprint density at radius 1 is 1.30 bits per heavy atom. The van der Waals surface area contributed by atoms with Crippen LogP contribution in [0.3, 0.4) is 0 Å². The van der Waals surface area contributed by atoms with Crippen molar-refractivity contribution in [1.29, 1.82) is 0 Å². The number of hydrogen-bond donors (Lipinski definition) is 1. The maximum atomic E-state index is 12.6. The van der Waals surface area contributed by atoms with E-state index in [1.54, 1.807) is 30.0 Å². The zero-order chi connectivity index (χ0) is 20.7. The average Bonchev–Trinajstić information content (AvgIpc) is 3.41. The number of methoxy groups -OCH3 is 1. The predicted octanol–water partition coefficient (Wildman–Crippen LogP) is 1.60. The summed E-state index contributed by atoms with van der Waals surface area (Å²) in [6.45, 7) is 0. The summed E-state index contributed by atoms with van der Waals surface area (Å²) in [4.78, 5) is 29.1. The number of fused-ring (bicyclic) bond motifs is 3. The molecule has 4 aromatic rings. The summed E-state index contributed by atoms with van der Waals surface area (Å²) in [6.07, 6.45) is 3.02. The Labute approximate surface area is 174 Å². The highest BCUT2D eigenvalue weighted by molar-refractivity contribution is 8.00. The molecular weight excluding hydrogens is 406 g/mol. The van der Waals surface area contributed by atoms with E-state index in [9.17, 15) is 9.59 Å². The Balaban J connectivity index is 1.58. The van der Waals surface area contributed by atoms with Crippen molar-refractivity contribution >= 4 is 40.1 Å². The number of thioether (sulfide) groups is 1. The van der Waals surface area contributed by atoms with Gasteiger partial charge in [-0.05, 0) is 46.8 Å². The van der Waals surface area contributed by atoms with Crippen molar-refractivity contribution in [1.82, 2.24) is 35.5 Å². The molecule has 0 bridgehead atoms. The van der Waals surface area contributed by atoms with E-state index >= 15 is 0 Å².